The highest BCUT2D eigenvalue weighted by Crippen LogP contribution is 2.40. The van der Waals surface area contributed by atoms with Crippen LogP contribution in [0.25, 0.3) is 0 Å². The number of methoxy groups -OCH3 is 2. The molecule has 2 aliphatic heterocycles. The second kappa shape index (κ2) is 13.2. The van der Waals surface area contributed by atoms with Crippen LogP contribution in [0.1, 0.15) is 63.8 Å². The number of nitrogens with zero attached hydrogens (tertiary/aromatic N) is 2. The summed E-state index contributed by atoms with van der Waals surface area (Å²) in [4.78, 5) is 27.6. The molecular weight excluding hydrogens is 591 g/mol. The molecular formula is C30H39Cl3N2O6. The number of halogens is 3. The Morgan fingerprint density at radius 2 is 1.22 bits per heavy atom. The van der Waals surface area contributed by atoms with Gasteiger partial charge in [-0.25, -0.2) is 9.59 Å². The Bertz CT molecular complexity index is 1290. The third-order valence-electron chi connectivity index (χ3n) is 6.40. The van der Waals surface area contributed by atoms with Crippen LogP contribution in [0.5, 0.6) is 11.5 Å². The molecule has 2 aromatic rings. The fourth-order valence-corrected chi connectivity index (χ4v) is 5.52. The van der Waals surface area contributed by atoms with Crippen molar-refractivity contribution in [1.29, 1.82) is 0 Å². The molecule has 0 unspecified atom stereocenters. The monoisotopic (exact) mass is 628 g/mol. The van der Waals surface area contributed by atoms with Crippen LogP contribution in [-0.4, -0.2) is 60.5 Å². The SMILES string of the molecule is COc1c(Cl)cc2c(c1Cl)CN(C(=O)OC(C)(C)C)CC2.COc1ccc2c(c1Cl)CN(C(=O)OC(C)(C)C)CC2. The van der Waals surface area contributed by atoms with E-state index >= 15 is 0 Å². The smallest absolute Gasteiger partial charge is 0.410 e. The maximum atomic E-state index is 12.2. The standard InChI is InChI=1S/C15H19Cl2NO3.C15H20ClNO3/c1-15(2,3)21-14(19)18-6-5-9-7-11(16)13(20-4)12(17)10(9)8-18;1-15(2,3)20-14(18)17-8-7-10-5-6-12(19-4)13(16)11(10)9-17/h7H,5-6,8H2,1-4H3;5-6H,7-9H2,1-4H3. The molecule has 2 amide bonds. The van der Waals surface area contributed by atoms with E-state index in [0.717, 1.165) is 28.7 Å². The topological polar surface area (TPSA) is 77.5 Å². The molecule has 0 aliphatic carbocycles. The van der Waals surface area contributed by atoms with Crippen molar-refractivity contribution in [1.82, 2.24) is 9.80 Å². The summed E-state index contributed by atoms with van der Waals surface area (Å²) in [5.74, 6) is 1.08. The van der Waals surface area contributed by atoms with Crippen LogP contribution in [0.15, 0.2) is 18.2 Å². The van der Waals surface area contributed by atoms with Gasteiger partial charge in [-0.3, -0.25) is 0 Å². The minimum atomic E-state index is -0.515. The summed E-state index contributed by atoms with van der Waals surface area (Å²) in [6.45, 7) is 13.2. The average molecular weight is 630 g/mol. The lowest BCUT2D eigenvalue weighted by Crippen LogP contribution is -2.40. The van der Waals surface area contributed by atoms with E-state index in [1.807, 2.05) is 59.7 Å². The summed E-state index contributed by atoms with van der Waals surface area (Å²) in [7, 11) is 3.11. The van der Waals surface area contributed by atoms with Crippen LogP contribution in [0.2, 0.25) is 15.1 Å². The normalized spacial score (nSPS) is 14.7. The van der Waals surface area contributed by atoms with E-state index in [2.05, 4.69) is 0 Å². The maximum absolute atomic E-state index is 12.2. The van der Waals surface area contributed by atoms with Gasteiger partial charge in [0, 0.05) is 13.1 Å². The van der Waals surface area contributed by atoms with E-state index < -0.39 is 11.2 Å². The quantitative estimate of drug-likeness (QED) is 0.336. The first kappa shape index (κ1) is 33.0. The number of ether oxygens (including phenoxy) is 4. The number of fused-ring (bicyclic) bond motifs is 2. The Labute approximate surface area is 257 Å². The lowest BCUT2D eigenvalue weighted by molar-refractivity contribution is 0.0214. The molecule has 0 aromatic heterocycles. The van der Waals surface area contributed by atoms with E-state index in [0.29, 0.717) is 59.2 Å². The Kier molecular flexibility index (Phi) is 10.6. The lowest BCUT2D eigenvalue weighted by atomic mass is 9.99. The number of rotatable bonds is 2. The van der Waals surface area contributed by atoms with Gasteiger partial charge in [0.05, 0.1) is 42.4 Å². The third kappa shape index (κ3) is 8.49. The van der Waals surface area contributed by atoms with Crippen molar-refractivity contribution in [2.24, 2.45) is 0 Å². The van der Waals surface area contributed by atoms with Gasteiger partial charge < -0.3 is 28.7 Å². The molecule has 2 aliphatic rings. The van der Waals surface area contributed by atoms with Gasteiger partial charge in [0.25, 0.3) is 0 Å². The molecule has 0 fully saturated rings. The van der Waals surface area contributed by atoms with Gasteiger partial charge in [0.15, 0.2) is 5.75 Å². The van der Waals surface area contributed by atoms with Crippen LogP contribution >= 0.6 is 34.8 Å². The molecule has 226 valence electrons. The van der Waals surface area contributed by atoms with Crippen LogP contribution in [0.3, 0.4) is 0 Å². The van der Waals surface area contributed by atoms with Crippen molar-refractivity contribution >= 4 is 47.0 Å². The minimum absolute atomic E-state index is 0.304. The Balaban J connectivity index is 0.000000226. The second-order valence-electron chi connectivity index (χ2n) is 11.9. The van der Waals surface area contributed by atoms with Crippen LogP contribution in [0, 0.1) is 0 Å². The summed E-state index contributed by atoms with van der Waals surface area (Å²) in [5.41, 5.74) is 3.02. The molecule has 0 N–H and O–H groups in total. The highest BCUT2D eigenvalue weighted by atomic mass is 35.5. The average Bonchev–Trinajstić information content (AvgIpc) is 2.87. The van der Waals surface area contributed by atoms with Gasteiger partial charge in [0.2, 0.25) is 0 Å². The fourth-order valence-electron chi connectivity index (χ4n) is 4.49. The molecule has 41 heavy (non-hydrogen) atoms. The number of benzene rings is 2. The van der Waals surface area contributed by atoms with Crippen molar-refractivity contribution in [3.8, 4) is 11.5 Å². The first-order chi connectivity index (χ1) is 19.0. The summed E-state index contributed by atoms with van der Waals surface area (Å²) in [6, 6.07) is 5.73. The van der Waals surface area contributed by atoms with E-state index in [1.54, 1.807) is 16.9 Å². The first-order valence-corrected chi connectivity index (χ1v) is 14.5. The van der Waals surface area contributed by atoms with E-state index in [9.17, 15) is 9.59 Å². The van der Waals surface area contributed by atoms with Gasteiger partial charge in [-0.1, -0.05) is 40.9 Å². The highest BCUT2D eigenvalue weighted by molar-refractivity contribution is 6.37. The molecule has 0 spiro atoms. The molecule has 4 rings (SSSR count). The van der Waals surface area contributed by atoms with Crippen LogP contribution < -0.4 is 9.47 Å². The number of carbonyl (C=O) groups is 2. The Hall–Kier alpha value is -2.55. The van der Waals surface area contributed by atoms with Gasteiger partial charge in [-0.2, -0.15) is 0 Å². The Morgan fingerprint density at radius 1 is 0.732 bits per heavy atom. The van der Waals surface area contributed by atoms with E-state index in [4.69, 9.17) is 53.8 Å². The summed E-state index contributed by atoms with van der Waals surface area (Å²) >= 11 is 18.8. The number of hydrogen-bond donors (Lipinski definition) is 0. The van der Waals surface area contributed by atoms with Crippen molar-refractivity contribution < 1.29 is 28.5 Å². The molecule has 2 heterocycles. The zero-order valence-corrected chi connectivity index (χ0v) is 27.2. The molecule has 8 nitrogen and oxygen atoms in total. The van der Waals surface area contributed by atoms with Crippen LogP contribution in [0.4, 0.5) is 9.59 Å². The van der Waals surface area contributed by atoms with Gasteiger partial charge >= 0.3 is 12.2 Å². The van der Waals surface area contributed by atoms with Gasteiger partial charge in [-0.15, -0.1) is 0 Å². The third-order valence-corrected chi connectivity index (χ3v) is 7.50. The molecule has 0 saturated heterocycles. The fraction of sp³-hybridized carbons (Fsp3) is 0.533. The van der Waals surface area contributed by atoms with E-state index in [1.165, 1.54) is 7.11 Å². The zero-order valence-electron chi connectivity index (χ0n) is 25.0. The van der Waals surface area contributed by atoms with Gasteiger partial charge in [-0.05, 0) is 88.8 Å². The Morgan fingerprint density at radius 3 is 1.68 bits per heavy atom. The summed E-state index contributed by atoms with van der Waals surface area (Å²) < 4.78 is 21.2. The maximum Gasteiger partial charge on any atom is 0.410 e. The minimum Gasteiger partial charge on any atom is -0.495 e. The lowest BCUT2D eigenvalue weighted by Gasteiger charge is -2.32. The predicted octanol–water partition coefficient (Wildman–Crippen LogP) is 7.94. The second-order valence-corrected chi connectivity index (χ2v) is 13.0. The zero-order chi connectivity index (χ0) is 30.7. The number of amides is 2. The highest BCUT2D eigenvalue weighted by Gasteiger charge is 2.29. The number of carbonyl (C=O) groups excluding carboxylic acids is 2. The molecule has 11 heteroatoms. The first-order valence-electron chi connectivity index (χ1n) is 13.4. The summed E-state index contributed by atoms with van der Waals surface area (Å²) in [6.07, 6.45) is 0.830. The molecule has 2 aromatic carbocycles. The van der Waals surface area contributed by atoms with Crippen molar-refractivity contribution in [3.05, 3.63) is 55.5 Å². The largest absolute Gasteiger partial charge is 0.495 e. The molecule has 0 atom stereocenters. The molecule has 0 bridgehead atoms. The summed E-state index contributed by atoms with van der Waals surface area (Å²) in [5, 5.41) is 1.54. The van der Waals surface area contributed by atoms with Crippen molar-refractivity contribution in [3.63, 3.8) is 0 Å². The van der Waals surface area contributed by atoms with E-state index in [-0.39, 0.29) is 12.2 Å². The predicted molar refractivity (Wildman–Crippen MR) is 162 cm³/mol. The molecule has 0 radical (unpaired) electrons. The van der Waals surface area contributed by atoms with Gasteiger partial charge in [0.1, 0.15) is 17.0 Å². The van der Waals surface area contributed by atoms with Crippen LogP contribution in [-0.2, 0) is 35.4 Å². The molecule has 0 saturated carbocycles. The number of hydrogen-bond acceptors (Lipinski definition) is 6. The van der Waals surface area contributed by atoms with Crippen molar-refractivity contribution in [2.75, 3.05) is 27.3 Å². The van der Waals surface area contributed by atoms with Crippen molar-refractivity contribution in [2.45, 2.75) is 78.7 Å².